The number of rotatable bonds is 12. The van der Waals surface area contributed by atoms with E-state index in [2.05, 4.69) is 30.6 Å². The standard InChI is InChI=1S/C14H27NO3S2/c1-2-3-7-12(14(17)18)15-13(16)8-5-4-6-11(20)9-10-19/h11-12,19-20H,2-10H2,1H3,(H,15,16)(H,17,18). The molecule has 0 aliphatic heterocycles. The highest BCUT2D eigenvalue weighted by Gasteiger charge is 2.18. The van der Waals surface area contributed by atoms with Crippen LogP contribution in [0.1, 0.15) is 58.3 Å². The Hall–Kier alpha value is -0.360. The van der Waals surface area contributed by atoms with Crippen molar-refractivity contribution in [3.8, 4) is 0 Å². The van der Waals surface area contributed by atoms with E-state index >= 15 is 0 Å². The van der Waals surface area contributed by atoms with E-state index in [1.54, 1.807) is 0 Å². The highest BCUT2D eigenvalue weighted by atomic mass is 32.1. The molecule has 0 aromatic carbocycles. The Bertz CT molecular complexity index is 288. The molecule has 0 rings (SSSR count). The average Bonchev–Trinajstić information content (AvgIpc) is 2.39. The topological polar surface area (TPSA) is 66.4 Å². The Morgan fingerprint density at radius 2 is 1.85 bits per heavy atom. The fourth-order valence-electron chi connectivity index (χ4n) is 1.89. The third-order valence-corrected chi connectivity index (χ3v) is 3.91. The molecule has 0 saturated carbocycles. The van der Waals surface area contributed by atoms with E-state index in [-0.39, 0.29) is 5.91 Å². The van der Waals surface area contributed by atoms with Gasteiger partial charge in [0, 0.05) is 11.7 Å². The minimum Gasteiger partial charge on any atom is -0.480 e. The number of nitrogens with one attached hydrogen (secondary N) is 1. The number of thiol groups is 2. The van der Waals surface area contributed by atoms with E-state index in [0.29, 0.717) is 18.1 Å². The number of carbonyl (C=O) groups excluding carboxylic acids is 1. The summed E-state index contributed by atoms with van der Waals surface area (Å²) < 4.78 is 0. The van der Waals surface area contributed by atoms with Crippen LogP contribution in [0.25, 0.3) is 0 Å². The van der Waals surface area contributed by atoms with Crippen LogP contribution in [0.2, 0.25) is 0 Å². The SMILES string of the molecule is CCCCC(NC(=O)CCCCC(S)CCS)C(=O)O. The van der Waals surface area contributed by atoms with Gasteiger partial charge in [0.2, 0.25) is 5.91 Å². The van der Waals surface area contributed by atoms with Crippen LogP contribution >= 0.6 is 25.3 Å². The number of aliphatic carboxylic acids is 1. The number of amides is 1. The predicted octanol–water partition coefficient (Wildman–Crippen LogP) is 2.92. The third-order valence-electron chi connectivity index (χ3n) is 3.13. The maximum Gasteiger partial charge on any atom is 0.326 e. The van der Waals surface area contributed by atoms with E-state index in [9.17, 15) is 9.59 Å². The summed E-state index contributed by atoms with van der Waals surface area (Å²) in [6, 6.07) is -0.746. The molecule has 0 saturated heterocycles. The molecule has 1 amide bonds. The first-order valence-electron chi connectivity index (χ1n) is 7.32. The van der Waals surface area contributed by atoms with E-state index in [1.165, 1.54) is 0 Å². The maximum absolute atomic E-state index is 11.7. The Labute approximate surface area is 132 Å². The predicted molar refractivity (Wildman–Crippen MR) is 88.8 cm³/mol. The summed E-state index contributed by atoms with van der Waals surface area (Å²) in [5.74, 6) is -0.291. The number of hydrogen-bond donors (Lipinski definition) is 4. The summed E-state index contributed by atoms with van der Waals surface area (Å²) >= 11 is 8.58. The number of carboxylic acids is 1. The molecule has 2 unspecified atom stereocenters. The number of carbonyl (C=O) groups is 2. The van der Waals surface area contributed by atoms with Crippen molar-refractivity contribution in [2.45, 2.75) is 69.6 Å². The van der Waals surface area contributed by atoms with Crippen molar-refractivity contribution < 1.29 is 14.7 Å². The van der Waals surface area contributed by atoms with E-state index < -0.39 is 12.0 Å². The molecule has 118 valence electrons. The van der Waals surface area contributed by atoms with Crippen molar-refractivity contribution in [1.29, 1.82) is 0 Å². The van der Waals surface area contributed by atoms with Crippen molar-refractivity contribution in [2.75, 3.05) is 5.75 Å². The summed E-state index contributed by atoms with van der Waals surface area (Å²) in [7, 11) is 0. The molecule has 0 aromatic heterocycles. The Morgan fingerprint density at radius 3 is 2.40 bits per heavy atom. The van der Waals surface area contributed by atoms with Crippen LogP contribution in [-0.4, -0.2) is 34.0 Å². The fourth-order valence-corrected chi connectivity index (χ4v) is 2.72. The van der Waals surface area contributed by atoms with Crippen molar-refractivity contribution in [3.63, 3.8) is 0 Å². The molecule has 0 radical (unpaired) electrons. The van der Waals surface area contributed by atoms with Gasteiger partial charge in [-0.1, -0.05) is 26.2 Å². The zero-order valence-corrected chi connectivity index (χ0v) is 14.0. The second-order valence-corrected chi connectivity index (χ2v) is 6.19. The molecule has 20 heavy (non-hydrogen) atoms. The van der Waals surface area contributed by atoms with Gasteiger partial charge >= 0.3 is 5.97 Å². The van der Waals surface area contributed by atoms with Gasteiger partial charge in [0.1, 0.15) is 6.04 Å². The molecule has 2 atom stereocenters. The van der Waals surface area contributed by atoms with Crippen LogP contribution in [-0.2, 0) is 9.59 Å². The minimum absolute atomic E-state index is 0.168. The Balaban J connectivity index is 3.82. The molecule has 2 N–H and O–H groups in total. The van der Waals surface area contributed by atoms with E-state index in [0.717, 1.165) is 44.3 Å². The summed E-state index contributed by atoms with van der Waals surface area (Å²) in [4.78, 5) is 22.7. The van der Waals surface area contributed by atoms with E-state index in [4.69, 9.17) is 5.11 Å². The van der Waals surface area contributed by atoms with Crippen molar-refractivity contribution in [3.05, 3.63) is 0 Å². The quantitative estimate of drug-likeness (QED) is 0.330. The highest BCUT2D eigenvalue weighted by Crippen LogP contribution is 2.12. The molecule has 0 heterocycles. The zero-order chi connectivity index (χ0) is 15.4. The summed E-state index contributed by atoms with van der Waals surface area (Å²) in [6.07, 6.45) is 6.26. The van der Waals surface area contributed by atoms with E-state index in [1.807, 2.05) is 6.92 Å². The third kappa shape index (κ3) is 10.4. The summed E-state index contributed by atoms with van der Waals surface area (Å²) in [5.41, 5.74) is 0. The monoisotopic (exact) mass is 321 g/mol. The fraction of sp³-hybridized carbons (Fsp3) is 0.857. The van der Waals surface area contributed by atoms with Crippen molar-refractivity contribution in [2.24, 2.45) is 0 Å². The van der Waals surface area contributed by atoms with Crippen LogP contribution in [0.3, 0.4) is 0 Å². The van der Waals surface area contributed by atoms with Gasteiger partial charge in [-0.15, -0.1) is 0 Å². The molecular weight excluding hydrogens is 294 g/mol. The Kier molecular flexibility index (Phi) is 12.2. The van der Waals surface area contributed by atoms with Crippen molar-refractivity contribution >= 4 is 37.1 Å². The largest absolute Gasteiger partial charge is 0.480 e. The molecule has 4 nitrogen and oxygen atoms in total. The lowest BCUT2D eigenvalue weighted by molar-refractivity contribution is -0.142. The molecule has 0 aromatic rings. The van der Waals surface area contributed by atoms with Gasteiger partial charge in [-0.2, -0.15) is 25.3 Å². The van der Waals surface area contributed by atoms with Gasteiger partial charge in [-0.25, -0.2) is 4.79 Å². The van der Waals surface area contributed by atoms with Crippen LogP contribution in [0.5, 0.6) is 0 Å². The summed E-state index contributed by atoms with van der Waals surface area (Å²) in [6.45, 7) is 2.00. The van der Waals surface area contributed by atoms with Crippen LogP contribution in [0, 0.1) is 0 Å². The average molecular weight is 322 g/mol. The molecule has 0 fully saturated rings. The molecule has 0 aliphatic rings. The second-order valence-electron chi connectivity index (χ2n) is 5.01. The molecule has 0 spiro atoms. The minimum atomic E-state index is -0.948. The number of hydrogen-bond acceptors (Lipinski definition) is 4. The van der Waals surface area contributed by atoms with Gasteiger partial charge in [-0.3, -0.25) is 4.79 Å². The molecule has 6 heteroatoms. The first-order chi connectivity index (χ1) is 9.51. The Morgan fingerprint density at radius 1 is 1.15 bits per heavy atom. The normalized spacial score (nSPS) is 13.8. The van der Waals surface area contributed by atoms with Gasteiger partial charge in [-0.05, 0) is 31.4 Å². The molecule has 0 aliphatic carbocycles. The summed E-state index contributed by atoms with van der Waals surface area (Å²) in [5, 5.41) is 12.0. The van der Waals surface area contributed by atoms with Gasteiger partial charge < -0.3 is 10.4 Å². The van der Waals surface area contributed by atoms with Gasteiger partial charge in [0.15, 0.2) is 0 Å². The molecule has 0 bridgehead atoms. The van der Waals surface area contributed by atoms with Crippen LogP contribution in [0.15, 0.2) is 0 Å². The first kappa shape index (κ1) is 19.6. The van der Waals surface area contributed by atoms with Gasteiger partial charge in [0.05, 0.1) is 0 Å². The number of carboxylic acid groups (broad SMARTS) is 1. The van der Waals surface area contributed by atoms with Crippen LogP contribution in [0.4, 0.5) is 0 Å². The highest BCUT2D eigenvalue weighted by molar-refractivity contribution is 7.81. The van der Waals surface area contributed by atoms with Crippen LogP contribution < -0.4 is 5.32 Å². The smallest absolute Gasteiger partial charge is 0.326 e. The van der Waals surface area contributed by atoms with Crippen molar-refractivity contribution in [1.82, 2.24) is 5.32 Å². The maximum atomic E-state index is 11.7. The lowest BCUT2D eigenvalue weighted by atomic mass is 10.1. The lowest BCUT2D eigenvalue weighted by Crippen LogP contribution is -2.40. The first-order valence-corrected chi connectivity index (χ1v) is 8.47. The lowest BCUT2D eigenvalue weighted by Gasteiger charge is -2.14. The number of unbranched alkanes of at least 4 members (excludes halogenated alkanes) is 2. The zero-order valence-electron chi connectivity index (χ0n) is 12.2. The second kappa shape index (κ2) is 12.4. The van der Waals surface area contributed by atoms with Gasteiger partial charge in [0.25, 0.3) is 0 Å². The molecular formula is C14H27NO3S2.